The Bertz CT molecular complexity index is 1480. The van der Waals surface area contributed by atoms with Gasteiger partial charge in [0, 0.05) is 25.9 Å². The summed E-state index contributed by atoms with van der Waals surface area (Å²) < 4.78 is 40.5. The Morgan fingerprint density at radius 1 is 0.981 bits per heavy atom. The van der Waals surface area contributed by atoms with Crippen LogP contribution in [0.25, 0.3) is 0 Å². The topological polar surface area (TPSA) is 92.7 Å². The monoisotopic (exact) mass is 786 g/mol. The second-order valence-corrected chi connectivity index (χ2v) is 30.1. The second kappa shape index (κ2) is 16.1. The quantitative estimate of drug-likeness (QED) is 0.162. The average Bonchev–Trinajstić information content (AvgIpc) is 3.37. The van der Waals surface area contributed by atoms with E-state index in [4.69, 9.17) is 27.8 Å². The summed E-state index contributed by atoms with van der Waals surface area (Å²) in [7, 11) is -4.17. The fraction of sp³-hybridized carbons (Fsp3) is 0.795. The van der Waals surface area contributed by atoms with Crippen LogP contribution < -0.4 is 0 Å². The van der Waals surface area contributed by atoms with E-state index < -0.39 is 58.2 Å². The summed E-state index contributed by atoms with van der Waals surface area (Å²) in [5.41, 5.74) is 1.26. The van der Waals surface area contributed by atoms with Crippen LogP contribution in [-0.4, -0.2) is 82.8 Å². The normalized spacial score (nSPS) is 39.8. The van der Waals surface area contributed by atoms with E-state index >= 15 is 0 Å². The van der Waals surface area contributed by atoms with Crippen molar-refractivity contribution in [2.45, 2.75) is 192 Å². The van der Waals surface area contributed by atoms with E-state index in [9.17, 15) is 9.90 Å². The SMILES string of the molecule is CC1=C[C@H]2C(=O)O[C@H]3C[C@@H](C/C=C(\C)C[C@@H](C)/C=C/C=C4\CO[C@H]([C@@H]1O[Si](C)(C)C(C)(C)C)[C@@]42O)O[C@@]1(CC[C@H](C)[C@@H](CCO[Si](C)(C)C(C)(C)C)O1)C3. The Morgan fingerprint density at radius 3 is 2.33 bits per heavy atom. The van der Waals surface area contributed by atoms with Crippen molar-refractivity contribution in [2.75, 3.05) is 13.2 Å². The van der Waals surface area contributed by atoms with Crippen LogP contribution in [0.15, 0.2) is 47.1 Å². The van der Waals surface area contributed by atoms with Crippen LogP contribution in [0.2, 0.25) is 36.3 Å². The lowest BCUT2D eigenvalue weighted by molar-refractivity contribution is -0.336. The summed E-state index contributed by atoms with van der Waals surface area (Å²) in [6.45, 7) is 32.0. The lowest BCUT2D eigenvalue weighted by Crippen LogP contribution is -2.60. The summed E-state index contributed by atoms with van der Waals surface area (Å²) in [5.74, 6) is -1.59. The van der Waals surface area contributed by atoms with Gasteiger partial charge in [-0.25, -0.2) is 0 Å². The van der Waals surface area contributed by atoms with Gasteiger partial charge in [0.2, 0.25) is 0 Å². The molecule has 0 radical (unpaired) electrons. The van der Waals surface area contributed by atoms with Gasteiger partial charge in [-0.3, -0.25) is 4.79 Å². The van der Waals surface area contributed by atoms with Crippen LogP contribution >= 0.6 is 0 Å². The van der Waals surface area contributed by atoms with Gasteiger partial charge in [-0.15, -0.1) is 0 Å². The number of carbonyl (C=O) groups is 1. The molecule has 0 unspecified atom stereocenters. The Hall–Kier alpha value is -1.38. The number of allylic oxidation sites excluding steroid dienone is 4. The molecule has 5 rings (SSSR count). The Balaban J connectivity index is 1.46. The van der Waals surface area contributed by atoms with Gasteiger partial charge in [0.05, 0.1) is 24.9 Å². The zero-order valence-electron chi connectivity index (χ0n) is 36.2. The highest BCUT2D eigenvalue weighted by atomic mass is 28.4. The van der Waals surface area contributed by atoms with Crippen LogP contribution in [0, 0.1) is 17.8 Å². The highest BCUT2D eigenvalue weighted by Gasteiger charge is 2.61. The number of hydrogen-bond acceptors (Lipinski definition) is 8. The van der Waals surface area contributed by atoms with Gasteiger partial charge in [0.25, 0.3) is 0 Å². The lowest BCUT2D eigenvalue weighted by Gasteiger charge is -2.50. The first-order valence-electron chi connectivity index (χ1n) is 20.8. The summed E-state index contributed by atoms with van der Waals surface area (Å²) in [5, 5.41) is 13.0. The van der Waals surface area contributed by atoms with Gasteiger partial charge in [-0.05, 0) is 98.8 Å². The highest BCUT2D eigenvalue weighted by molar-refractivity contribution is 6.74. The largest absolute Gasteiger partial charge is 0.462 e. The minimum atomic E-state index is -2.27. The molecule has 3 fully saturated rings. The first-order chi connectivity index (χ1) is 24.9. The third-order valence-corrected chi connectivity index (χ3v) is 23.0. The van der Waals surface area contributed by atoms with E-state index in [1.807, 2.05) is 25.2 Å². The molecule has 0 aromatic carbocycles. The standard InChI is InChI=1S/C44H74O8Si2/c1-29-16-15-17-33-28-47-39-38(52-54(13,14)42(8,9)10)32(4)25-36(44(33,39)46)40(45)49-35-26-34(19-18-30(2)24-29)50-43(27-35)22-20-31(3)37(51-43)21-23-48-53(11,12)41(5,6)7/h15-18,25,29,31,34-39,46H,19-24,26-28H2,1-14H3/b16-15+,30-18+,33-17+/t29-,31-,34+,35-,36-,37+,38+,39+,43+,44+/m0/s1. The van der Waals surface area contributed by atoms with E-state index in [1.165, 1.54) is 5.57 Å². The van der Waals surface area contributed by atoms with Crippen molar-refractivity contribution in [3.05, 3.63) is 47.1 Å². The molecule has 0 aromatic rings. The molecule has 1 spiro atoms. The fourth-order valence-corrected chi connectivity index (χ4v) is 10.7. The van der Waals surface area contributed by atoms with E-state index in [0.717, 1.165) is 37.7 Å². The predicted molar refractivity (Wildman–Crippen MR) is 221 cm³/mol. The van der Waals surface area contributed by atoms with E-state index in [2.05, 4.69) is 101 Å². The number of aliphatic hydroxyl groups is 1. The molecule has 0 saturated carbocycles. The maximum Gasteiger partial charge on any atom is 0.316 e. The smallest absolute Gasteiger partial charge is 0.316 e. The predicted octanol–water partition coefficient (Wildman–Crippen LogP) is 9.96. The van der Waals surface area contributed by atoms with Crippen molar-refractivity contribution < 1.29 is 37.7 Å². The molecular weight excluding hydrogens is 713 g/mol. The maximum absolute atomic E-state index is 14.6. The summed E-state index contributed by atoms with van der Waals surface area (Å²) in [6, 6.07) is 0. The van der Waals surface area contributed by atoms with E-state index in [1.54, 1.807) is 0 Å². The molecule has 54 heavy (non-hydrogen) atoms. The molecule has 4 heterocycles. The molecule has 5 aliphatic rings. The minimum absolute atomic E-state index is 0.0204. The summed E-state index contributed by atoms with van der Waals surface area (Å²) in [4.78, 5) is 14.6. The minimum Gasteiger partial charge on any atom is -0.462 e. The molecule has 8 nitrogen and oxygen atoms in total. The van der Waals surface area contributed by atoms with Crippen LogP contribution in [0.3, 0.4) is 0 Å². The summed E-state index contributed by atoms with van der Waals surface area (Å²) in [6.07, 6.45) is 13.6. The van der Waals surface area contributed by atoms with Gasteiger partial charge < -0.3 is 32.9 Å². The zero-order valence-corrected chi connectivity index (χ0v) is 38.2. The number of hydrogen-bond donors (Lipinski definition) is 1. The van der Waals surface area contributed by atoms with E-state index in [0.29, 0.717) is 30.9 Å². The Kier molecular flexibility index (Phi) is 13.0. The number of carbonyl (C=O) groups excluding carboxylic acids is 1. The zero-order chi connectivity index (χ0) is 40.1. The maximum atomic E-state index is 14.6. The van der Waals surface area contributed by atoms with Gasteiger partial charge in [0.15, 0.2) is 22.4 Å². The fourth-order valence-electron chi connectivity index (χ4n) is 8.36. The molecule has 306 valence electrons. The van der Waals surface area contributed by atoms with Crippen molar-refractivity contribution >= 4 is 22.6 Å². The second-order valence-electron chi connectivity index (χ2n) is 20.5. The van der Waals surface area contributed by atoms with Crippen LogP contribution in [0.1, 0.15) is 114 Å². The highest BCUT2D eigenvalue weighted by Crippen LogP contribution is 2.50. The number of fused-ring (bicyclic) bond motifs is 2. The molecule has 10 heteroatoms. The molecular formula is C44H74O8Si2. The molecule has 1 aliphatic carbocycles. The number of ether oxygens (including phenoxy) is 4. The van der Waals surface area contributed by atoms with E-state index in [-0.39, 0.29) is 34.8 Å². The molecule has 3 saturated heterocycles. The molecule has 0 amide bonds. The third kappa shape index (κ3) is 9.32. The number of rotatable bonds is 6. The third-order valence-electron chi connectivity index (χ3n) is 14.0. The first-order valence-corrected chi connectivity index (χ1v) is 26.6. The molecule has 4 aliphatic heterocycles. The van der Waals surface area contributed by atoms with Crippen molar-refractivity contribution in [1.82, 2.24) is 0 Å². The van der Waals surface area contributed by atoms with Gasteiger partial charge in [-0.2, -0.15) is 0 Å². The van der Waals surface area contributed by atoms with Crippen LogP contribution in [0.5, 0.6) is 0 Å². The molecule has 1 N–H and O–H groups in total. The number of esters is 1. The van der Waals surface area contributed by atoms with Gasteiger partial charge in [0.1, 0.15) is 23.7 Å². The van der Waals surface area contributed by atoms with Crippen molar-refractivity contribution in [3.8, 4) is 0 Å². The van der Waals surface area contributed by atoms with Crippen LogP contribution in [-0.2, 0) is 32.6 Å². The van der Waals surface area contributed by atoms with Gasteiger partial charge in [-0.1, -0.05) is 91.3 Å². The van der Waals surface area contributed by atoms with Crippen LogP contribution in [0.4, 0.5) is 0 Å². The van der Waals surface area contributed by atoms with Crippen molar-refractivity contribution in [1.29, 1.82) is 0 Å². The van der Waals surface area contributed by atoms with Crippen molar-refractivity contribution in [3.63, 3.8) is 0 Å². The molecule has 2 bridgehead atoms. The Morgan fingerprint density at radius 2 is 1.67 bits per heavy atom. The van der Waals surface area contributed by atoms with Crippen molar-refractivity contribution in [2.24, 2.45) is 17.8 Å². The Labute approximate surface area is 329 Å². The first kappa shape index (κ1) is 43.7. The average molecular weight is 787 g/mol. The van der Waals surface area contributed by atoms with Gasteiger partial charge >= 0.3 is 5.97 Å². The lowest BCUT2D eigenvalue weighted by atomic mass is 9.71. The summed E-state index contributed by atoms with van der Waals surface area (Å²) >= 11 is 0. The molecule has 0 aromatic heterocycles. The molecule has 10 atom stereocenters.